The molecule has 4 nitrogen and oxygen atoms in total. The number of amides is 1. The van der Waals surface area contributed by atoms with E-state index in [9.17, 15) is 4.79 Å². The third-order valence-corrected chi connectivity index (χ3v) is 1.38. The molecule has 0 aromatic heterocycles. The highest BCUT2D eigenvalue weighted by Crippen LogP contribution is 2.00. The van der Waals surface area contributed by atoms with Gasteiger partial charge in [0.15, 0.2) is 0 Å². The maximum atomic E-state index is 10.7. The summed E-state index contributed by atoms with van der Waals surface area (Å²) in [5, 5.41) is 0. The minimum atomic E-state index is -2.17. The van der Waals surface area contributed by atoms with E-state index in [1.54, 1.807) is 0 Å². The quantitative estimate of drug-likeness (QED) is 0.507. The molecular weight excluding hydrogens is 132 g/mol. The Morgan fingerprint density at radius 3 is 3.40 bits per heavy atom. The fourth-order valence-corrected chi connectivity index (χ4v) is 0.821. The third kappa shape index (κ3) is 1.68. The molecule has 58 valence electrons. The zero-order valence-corrected chi connectivity index (χ0v) is 5.54. The number of carbonyl (C=O) groups excluding carboxylic acids is 1. The fourth-order valence-electron chi connectivity index (χ4n) is 0.821. The second-order valence-corrected chi connectivity index (χ2v) is 2.21. The van der Waals surface area contributed by atoms with E-state index in [2.05, 4.69) is 0 Å². The number of hydrogen-bond donors (Lipinski definition) is 1. The van der Waals surface area contributed by atoms with Crippen LogP contribution in [0.4, 0.5) is 0 Å². The van der Waals surface area contributed by atoms with E-state index in [4.69, 9.17) is 14.6 Å². The molecule has 1 fully saturated rings. The van der Waals surface area contributed by atoms with Gasteiger partial charge in [0.05, 0.1) is 6.61 Å². The number of nitrogens with zero attached hydrogens (tertiary/aromatic N) is 1. The lowest BCUT2D eigenvalue weighted by atomic mass is 10.3. The molecule has 1 aliphatic rings. The van der Waals surface area contributed by atoms with Crippen LogP contribution in [0.25, 0.3) is 0 Å². The van der Waals surface area contributed by atoms with Gasteiger partial charge in [0.2, 0.25) is 5.91 Å². The number of morpholine rings is 1. The Balaban J connectivity index is 2.57. The van der Waals surface area contributed by atoms with Crippen molar-refractivity contribution in [2.24, 2.45) is 5.73 Å². The van der Waals surface area contributed by atoms with E-state index in [1.165, 1.54) is 4.90 Å². The third-order valence-electron chi connectivity index (χ3n) is 1.38. The molecule has 10 heavy (non-hydrogen) atoms. The highest BCUT2D eigenvalue weighted by molar-refractivity contribution is 5.79. The Bertz CT molecular complexity index is 207. The van der Waals surface area contributed by atoms with Gasteiger partial charge in [-0.2, -0.15) is 0 Å². The second-order valence-electron chi connectivity index (χ2n) is 2.21. The lowest BCUT2D eigenvalue weighted by Gasteiger charge is -2.27. The molecule has 1 heterocycles. The largest absolute Gasteiger partial charge is 0.367 e. The monoisotopic (exact) mass is 147 g/mol. The Morgan fingerprint density at radius 1 is 2.00 bits per heavy atom. The van der Waals surface area contributed by atoms with E-state index in [-0.39, 0.29) is 13.2 Å². The number of ether oxygens (including phenoxy) is 1. The van der Waals surface area contributed by atoms with Crippen molar-refractivity contribution in [1.82, 2.24) is 4.90 Å². The predicted molar refractivity (Wildman–Crippen MR) is 36.4 cm³/mol. The molecule has 0 aliphatic carbocycles. The summed E-state index contributed by atoms with van der Waals surface area (Å²) < 4.78 is 26.3. The molecule has 0 aromatic rings. The maximum absolute atomic E-state index is 10.7. The zero-order chi connectivity index (χ0) is 10.1. The number of nitrogens with two attached hydrogens (primary N) is 1. The highest BCUT2D eigenvalue weighted by atomic mass is 16.5. The molecule has 0 aromatic carbocycles. The summed E-state index contributed by atoms with van der Waals surface area (Å²) in [5.41, 5.74) is 5.00. The van der Waals surface area contributed by atoms with Gasteiger partial charge in [0.1, 0.15) is 6.10 Å². The molecule has 4 heteroatoms. The summed E-state index contributed by atoms with van der Waals surface area (Å²) in [6.07, 6.45) is -0.797. The molecule has 1 rings (SSSR count). The molecule has 0 unspecified atom stereocenters. The van der Waals surface area contributed by atoms with Gasteiger partial charge in [-0.25, -0.2) is 0 Å². The molecule has 2 N–H and O–H groups in total. The lowest BCUT2D eigenvalue weighted by molar-refractivity contribution is -0.134. The van der Waals surface area contributed by atoms with Gasteiger partial charge in [-0.15, -0.1) is 0 Å². The van der Waals surface area contributed by atoms with Crippen LogP contribution in [0, 0.1) is 0 Å². The Labute approximate surface area is 64.1 Å². The van der Waals surface area contributed by atoms with Crippen LogP contribution in [0.1, 0.15) is 4.11 Å². The van der Waals surface area contributed by atoms with Crippen LogP contribution in [-0.4, -0.2) is 43.6 Å². The molecule has 1 atom stereocenters. The van der Waals surface area contributed by atoms with E-state index in [1.807, 2.05) is 0 Å². The fraction of sp³-hybridized carbons (Fsp3) is 0.833. The summed E-state index contributed by atoms with van der Waals surface area (Å²) >= 11 is 0. The van der Waals surface area contributed by atoms with Gasteiger partial charge in [0.25, 0.3) is 0 Å². The molecule has 0 spiro atoms. The highest BCUT2D eigenvalue weighted by Gasteiger charge is 2.21. The van der Waals surface area contributed by atoms with E-state index in [0.717, 1.165) is 0 Å². The first-order chi connectivity index (χ1) is 5.91. The molecular formula is C6H12N2O2. The first-order valence-corrected chi connectivity index (χ1v) is 3.07. The summed E-state index contributed by atoms with van der Waals surface area (Å²) in [7, 11) is 0. The summed E-state index contributed by atoms with van der Waals surface area (Å²) in [6, 6.07) is 0. The maximum Gasteiger partial charge on any atom is 0.247 e. The van der Waals surface area contributed by atoms with Gasteiger partial charge in [-0.3, -0.25) is 4.79 Å². The zero-order valence-electron chi connectivity index (χ0n) is 8.54. The van der Waals surface area contributed by atoms with Crippen LogP contribution < -0.4 is 5.73 Å². The van der Waals surface area contributed by atoms with Crippen molar-refractivity contribution in [2.45, 2.75) is 6.10 Å². The van der Waals surface area contributed by atoms with Gasteiger partial charge >= 0.3 is 0 Å². The van der Waals surface area contributed by atoms with E-state index < -0.39 is 19.0 Å². The van der Waals surface area contributed by atoms with Crippen molar-refractivity contribution in [1.29, 1.82) is 0 Å². The average Bonchev–Trinajstić information content (AvgIpc) is 2.03. The topological polar surface area (TPSA) is 55.6 Å². The van der Waals surface area contributed by atoms with Crippen LogP contribution in [0.3, 0.4) is 0 Å². The van der Waals surface area contributed by atoms with Crippen LogP contribution in [-0.2, 0) is 9.53 Å². The Hall–Kier alpha value is -0.610. The van der Waals surface area contributed by atoms with Crippen molar-refractivity contribution in [3.8, 4) is 0 Å². The Kier molecular flexibility index (Phi) is 1.29. The number of hydrogen-bond acceptors (Lipinski definition) is 3. The SMILES string of the molecule is [2H]C([2H])([2H])N1CCO[C@H](C(N)=O)C1. The van der Waals surface area contributed by atoms with Crippen LogP contribution in [0.5, 0.6) is 0 Å². The number of likely N-dealkylation sites (N-methyl/N-ethyl adjacent to an activating group) is 1. The summed E-state index contributed by atoms with van der Waals surface area (Å²) in [4.78, 5) is 11.9. The van der Waals surface area contributed by atoms with E-state index in [0.29, 0.717) is 6.54 Å². The molecule has 1 aliphatic heterocycles. The van der Waals surface area contributed by atoms with Crippen molar-refractivity contribution >= 4 is 5.91 Å². The average molecular weight is 147 g/mol. The number of carbonyl (C=O) groups is 1. The first-order valence-electron chi connectivity index (χ1n) is 4.57. The summed E-state index contributed by atoms with van der Waals surface area (Å²) in [5.74, 6) is -0.617. The summed E-state index contributed by atoms with van der Waals surface area (Å²) in [6.45, 7) is -1.59. The smallest absolute Gasteiger partial charge is 0.247 e. The molecule has 0 radical (unpaired) electrons. The minimum absolute atomic E-state index is 0.0475. The van der Waals surface area contributed by atoms with Crippen LogP contribution in [0.2, 0.25) is 0 Å². The van der Waals surface area contributed by atoms with Gasteiger partial charge < -0.3 is 15.4 Å². The van der Waals surface area contributed by atoms with Gasteiger partial charge in [-0.1, -0.05) is 0 Å². The van der Waals surface area contributed by atoms with Crippen LogP contribution in [0.15, 0.2) is 0 Å². The van der Waals surface area contributed by atoms with Crippen molar-refractivity contribution in [3.63, 3.8) is 0 Å². The van der Waals surface area contributed by atoms with Crippen molar-refractivity contribution in [2.75, 3.05) is 26.7 Å². The molecule has 0 saturated carbocycles. The first kappa shape index (κ1) is 4.31. The van der Waals surface area contributed by atoms with E-state index >= 15 is 0 Å². The van der Waals surface area contributed by atoms with Gasteiger partial charge in [0, 0.05) is 17.2 Å². The predicted octanol–water partition coefficient (Wildman–Crippen LogP) is -1.20. The van der Waals surface area contributed by atoms with Crippen LogP contribution >= 0.6 is 0 Å². The standard InChI is InChI=1S/C6H12N2O2/c1-8-2-3-10-5(4-8)6(7)9/h5H,2-4H2,1H3,(H2,7,9)/t5-/m0/s1/i1D3. The lowest BCUT2D eigenvalue weighted by Crippen LogP contribution is -2.46. The normalized spacial score (nSPS) is 34.0. The van der Waals surface area contributed by atoms with Crippen molar-refractivity contribution in [3.05, 3.63) is 0 Å². The number of primary amides is 1. The second kappa shape index (κ2) is 2.98. The minimum Gasteiger partial charge on any atom is -0.367 e. The Morgan fingerprint density at radius 2 is 2.80 bits per heavy atom. The van der Waals surface area contributed by atoms with Gasteiger partial charge in [-0.05, 0) is 6.98 Å². The molecule has 1 amide bonds. The molecule has 0 bridgehead atoms. The van der Waals surface area contributed by atoms with Crippen molar-refractivity contribution < 1.29 is 13.6 Å². The number of rotatable bonds is 1. The molecule has 1 saturated heterocycles.